The summed E-state index contributed by atoms with van der Waals surface area (Å²) in [5.74, 6) is 0.451. The van der Waals surface area contributed by atoms with E-state index < -0.39 is 0 Å². The van der Waals surface area contributed by atoms with Gasteiger partial charge >= 0.3 is 0 Å². The van der Waals surface area contributed by atoms with Crippen LogP contribution in [0.1, 0.15) is 32.8 Å². The molecule has 0 radical (unpaired) electrons. The van der Waals surface area contributed by atoms with Crippen molar-refractivity contribution in [3.63, 3.8) is 0 Å². The van der Waals surface area contributed by atoms with Gasteiger partial charge in [0.05, 0.1) is 30.6 Å². The summed E-state index contributed by atoms with van der Waals surface area (Å²) in [6, 6.07) is 5.92. The first kappa shape index (κ1) is 19.6. The van der Waals surface area contributed by atoms with E-state index in [0.29, 0.717) is 47.6 Å². The van der Waals surface area contributed by atoms with E-state index in [-0.39, 0.29) is 24.0 Å². The number of benzene rings is 1. The van der Waals surface area contributed by atoms with Crippen LogP contribution in [0.15, 0.2) is 42.2 Å². The molecule has 2 atom stereocenters. The number of aromatic nitrogens is 4. The molecule has 2 N–H and O–H groups in total. The normalized spacial score (nSPS) is 20.7. The molecule has 10 nitrogen and oxygen atoms in total. The van der Waals surface area contributed by atoms with Crippen LogP contribution in [0, 0.1) is 0 Å². The second-order valence-corrected chi connectivity index (χ2v) is 9.49. The second-order valence-electron chi connectivity index (χ2n) is 8.63. The number of rotatable bonds is 4. The molecule has 0 spiro atoms. The molecule has 34 heavy (non-hydrogen) atoms. The maximum absolute atomic E-state index is 12.9. The van der Waals surface area contributed by atoms with E-state index in [4.69, 9.17) is 4.74 Å². The van der Waals surface area contributed by atoms with Gasteiger partial charge in [0.15, 0.2) is 16.6 Å². The van der Waals surface area contributed by atoms with Gasteiger partial charge in [0.2, 0.25) is 0 Å². The number of hydrogen-bond donors (Lipinski definition) is 2. The topological polar surface area (TPSA) is 114 Å². The highest BCUT2D eigenvalue weighted by Gasteiger charge is 2.42. The molecule has 6 heterocycles. The summed E-state index contributed by atoms with van der Waals surface area (Å²) in [6.07, 6.45) is 6.42. The number of fused-ring (bicyclic) bond motifs is 4. The number of hydrogen-bond acceptors (Lipinski definition) is 8. The van der Waals surface area contributed by atoms with Gasteiger partial charge in [-0.05, 0) is 24.1 Å². The summed E-state index contributed by atoms with van der Waals surface area (Å²) in [7, 11) is 0. The lowest BCUT2D eigenvalue weighted by atomic mass is 10.0. The van der Waals surface area contributed by atoms with E-state index in [1.54, 1.807) is 17.8 Å². The fourth-order valence-electron chi connectivity index (χ4n) is 4.94. The molecule has 2 fully saturated rings. The SMILES string of the molecule is O=C1NCc2cc(-c3cnc(Nc4nc(C(=O)N5CC6CC5CO6)cs4)c4nccn34)ccc21. The summed E-state index contributed by atoms with van der Waals surface area (Å²) < 4.78 is 7.54. The van der Waals surface area contributed by atoms with Crippen molar-refractivity contribution >= 4 is 39.7 Å². The lowest BCUT2D eigenvalue weighted by Gasteiger charge is -2.25. The number of likely N-dealkylation sites (tertiary alicyclic amines) is 1. The first-order valence-corrected chi connectivity index (χ1v) is 11.9. The molecule has 2 saturated heterocycles. The lowest BCUT2D eigenvalue weighted by Crippen LogP contribution is -2.41. The van der Waals surface area contributed by atoms with Gasteiger partial charge in [-0.3, -0.25) is 14.0 Å². The highest BCUT2D eigenvalue weighted by Crippen LogP contribution is 2.31. The third kappa shape index (κ3) is 3.01. The van der Waals surface area contributed by atoms with Gasteiger partial charge in [0, 0.05) is 42.0 Å². The maximum atomic E-state index is 12.9. The minimum Gasteiger partial charge on any atom is -0.374 e. The van der Waals surface area contributed by atoms with Crippen LogP contribution in [0.25, 0.3) is 16.9 Å². The Balaban J connectivity index is 1.16. The molecule has 170 valence electrons. The zero-order valence-electron chi connectivity index (χ0n) is 17.9. The third-order valence-corrected chi connectivity index (χ3v) is 7.38. The van der Waals surface area contributed by atoms with E-state index in [9.17, 15) is 9.59 Å². The Morgan fingerprint density at radius 3 is 3.09 bits per heavy atom. The summed E-state index contributed by atoms with van der Waals surface area (Å²) in [6.45, 7) is 1.77. The third-order valence-electron chi connectivity index (χ3n) is 6.62. The van der Waals surface area contributed by atoms with Gasteiger partial charge in [0.25, 0.3) is 11.8 Å². The zero-order chi connectivity index (χ0) is 22.8. The van der Waals surface area contributed by atoms with Crippen LogP contribution in [0.5, 0.6) is 0 Å². The predicted octanol–water partition coefficient (Wildman–Crippen LogP) is 2.45. The number of nitrogens with zero attached hydrogens (tertiary/aromatic N) is 5. The van der Waals surface area contributed by atoms with E-state index in [1.807, 2.05) is 33.7 Å². The molecule has 3 aliphatic heterocycles. The maximum Gasteiger partial charge on any atom is 0.273 e. The summed E-state index contributed by atoms with van der Waals surface area (Å²) in [5, 5.41) is 8.42. The summed E-state index contributed by atoms with van der Waals surface area (Å²) >= 11 is 1.36. The van der Waals surface area contributed by atoms with Gasteiger partial charge in [-0.1, -0.05) is 6.07 Å². The molecular weight excluding hydrogens is 454 g/mol. The first-order chi connectivity index (χ1) is 16.6. The molecule has 3 aliphatic rings. The molecule has 11 heteroatoms. The van der Waals surface area contributed by atoms with E-state index in [2.05, 4.69) is 25.6 Å². The van der Waals surface area contributed by atoms with Gasteiger partial charge in [0.1, 0.15) is 5.69 Å². The summed E-state index contributed by atoms with van der Waals surface area (Å²) in [5.41, 5.74) is 4.56. The fourth-order valence-corrected chi connectivity index (χ4v) is 5.62. The van der Waals surface area contributed by atoms with E-state index in [0.717, 1.165) is 23.2 Å². The molecule has 2 bridgehead atoms. The van der Waals surface area contributed by atoms with Crippen molar-refractivity contribution in [2.75, 3.05) is 18.5 Å². The molecule has 2 unspecified atom stereocenters. The lowest BCUT2D eigenvalue weighted by molar-refractivity contribution is 0.0256. The Bertz CT molecular complexity index is 1480. The van der Waals surface area contributed by atoms with Crippen LogP contribution in [0.4, 0.5) is 10.9 Å². The molecule has 3 aromatic heterocycles. The Labute approximate surface area is 197 Å². The average molecular weight is 474 g/mol. The van der Waals surface area contributed by atoms with E-state index in [1.165, 1.54) is 11.3 Å². The van der Waals surface area contributed by atoms with Crippen LogP contribution in [-0.2, 0) is 11.3 Å². The molecule has 1 aromatic carbocycles. The van der Waals surface area contributed by atoms with Crippen molar-refractivity contribution in [1.29, 1.82) is 0 Å². The van der Waals surface area contributed by atoms with Crippen LogP contribution in [0.2, 0.25) is 0 Å². The predicted molar refractivity (Wildman–Crippen MR) is 124 cm³/mol. The molecule has 7 rings (SSSR count). The number of thiazole rings is 1. The minimum atomic E-state index is -0.0565. The quantitative estimate of drug-likeness (QED) is 0.468. The van der Waals surface area contributed by atoms with Gasteiger partial charge in [-0.25, -0.2) is 15.0 Å². The van der Waals surface area contributed by atoms with Crippen LogP contribution in [0.3, 0.4) is 0 Å². The van der Waals surface area contributed by atoms with Gasteiger partial charge < -0.3 is 20.3 Å². The number of amides is 2. The Kier molecular flexibility index (Phi) is 4.23. The largest absolute Gasteiger partial charge is 0.374 e. The fraction of sp³-hybridized carbons (Fsp3) is 0.261. The molecular formula is C23H19N7O3S. The number of nitrogens with one attached hydrogen (secondary N) is 2. The van der Waals surface area contributed by atoms with Crippen LogP contribution >= 0.6 is 11.3 Å². The number of ether oxygens (including phenoxy) is 1. The number of anilines is 2. The van der Waals surface area contributed by atoms with Crippen molar-refractivity contribution in [1.82, 2.24) is 29.6 Å². The molecule has 4 aromatic rings. The summed E-state index contributed by atoms with van der Waals surface area (Å²) in [4.78, 5) is 40.2. The highest BCUT2D eigenvalue weighted by atomic mass is 32.1. The van der Waals surface area contributed by atoms with Crippen molar-refractivity contribution in [2.24, 2.45) is 0 Å². The first-order valence-electron chi connectivity index (χ1n) is 11.0. The Morgan fingerprint density at radius 2 is 2.24 bits per heavy atom. The molecule has 0 saturated carbocycles. The highest BCUT2D eigenvalue weighted by molar-refractivity contribution is 7.14. The number of morpholine rings is 1. The molecule has 0 aliphatic carbocycles. The number of imidazole rings is 1. The van der Waals surface area contributed by atoms with Gasteiger partial charge in [-0.2, -0.15) is 0 Å². The monoisotopic (exact) mass is 473 g/mol. The van der Waals surface area contributed by atoms with Crippen molar-refractivity contribution in [3.8, 4) is 11.3 Å². The van der Waals surface area contributed by atoms with E-state index >= 15 is 0 Å². The Morgan fingerprint density at radius 1 is 1.29 bits per heavy atom. The zero-order valence-corrected chi connectivity index (χ0v) is 18.7. The van der Waals surface area contributed by atoms with Crippen molar-refractivity contribution in [2.45, 2.75) is 25.1 Å². The van der Waals surface area contributed by atoms with Crippen molar-refractivity contribution < 1.29 is 14.3 Å². The smallest absolute Gasteiger partial charge is 0.273 e. The average Bonchev–Trinajstić information content (AvgIpc) is 3.68. The van der Waals surface area contributed by atoms with Gasteiger partial charge in [-0.15, -0.1) is 11.3 Å². The standard InChI is InChI=1S/C23H19N7O3S/c31-21-16-2-1-12(5-13(16)7-26-21)18-8-25-19(20-24-3-4-29(18)20)28-23-27-17(11-34-23)22(32)30-9-15-6-14(30)10-33-15/h1-5,8,11,14-15H,6-7,9-10H2,(H,26,31)(H,25,27,28). The van der Waals surface area contributed by atoms with Crippen LogP contribution in [-0.4, -0.2) is 61.4 Å². The number of carbonyl (C=O) groups excluding carboxylic acids is 2. The van der Waals surface area contributed by atoms with Crippen LogP contribution < -0.4 is 10.6 Å². The Hall–Kier alpha value is -3.83. The minimum absolute atomic E-state index is 0.0427. The second kappa shape index (κ2) is 7.34. The number of carbonyl (C=O) groups is 2. The molecule has 2 amide bonds. The van der Waals surface area contributed by atoms with Crippen molar-refractivity contribution in [3.05, 3.63) is 59.0 Å².